The molecule has 25 heavy (non-hydrogen) atoms. The molecule has 0 unspecified atom stereocenters. The van der Waals surface area contributed by atoms with Crippen LogP contribution in [0.25, 0.3) is 0 Å². The third-order valence-electron chi connectivity index (χ3n) is 3.75. The van der Waals surface area contributed by atoms with Gasteiger partial charge < -0.3 is 10.1 Å². The van der Waals surface area contributed by atoms with E-state index in [-0.39, 0.29) is 5.91 Å². The van der Waals surface area contributed by atoms with E-state index in [4.69, 9.17) is 4.74 Å². The Morgan fingerprint density at radius 1 is 1.20 bits per heavy atom. The normalized spacial score (nSPS) is 10.4. The standard InChI is InChI=1S/C19H20N4O2/c1-15-11-17(25-12-16-5-3-2-4-6-16)7-8-18(15)22-19(24)9-10-23-14-20-13-21-23/h2-8,11,13-14H,9-10,12H2,1H3,(H,22,24). The minimum absolute atomic E-state index is 0.0587. The lowest BCUT2D eigenvalue weighted by molar-refractivity contribution is -0.116. The Labute approximate surface area is 146 Å². The third-order valence-corrected chi connectivity index (χ3v) is 3.75. The fraction of sp³-hybridized carbons (Fsp3) is 0.211. The number of benzene rings is 2. The lowest BCUT2D eigenvalue weighted by Gasteiger charge is -2.11. The van der Waals surface area contributed by atoms with Crippen LogP contribution in [0.4, 0.5) is 5.69 Å². The van der Waals surface area contributed by atoms with Crippen LogP contribution < -0.4 is 10.1 Å². The Balaban J connectivity index is 1.53. The molecule has 6 heteroatoms. The van der Waals surface area contributed by atoms with Crippen molar-refractivity contribution in [2.24, 2.45) is 0 Å². The van der Waals surface area contributed by atoms with Crippen molar-refractivity contribution in [3.63, 3.8) is 0 Å². The largest absolute Gasteiger partial charge is 0.489 e. The fourth-order valence-corrected chi connectivity index (χ4v) is 2.38. The van der Waals surface area contributed by atoms with Crippen molar-refractivity contribution >= 4 is 11.6 Å². The number of carbonyl (C=O) groups is 1. The maximum atomic E-state index is 12.1. The van der Waals surface area contributed by atoms with Gasteiger partial charge in [-0.05, 0) is 36.2 Å². The van der Waals surface area contributed by atoms with Crippen molar-refractivity contribution < 1.29 is 9.53 Å². The number of anilines is 1. The average Bonchev–Trinajstić information content (AvgIpc) is 3.15. The van der Waals surface area contributed by atoms with Crippen LogP contribution in [0.1, 0.15) is 17.5 Å². The van der Waals surface area contributed by atoms with Crippen molar-refractivity contribution in [3.8, 4) is 5.75 Å². The molecule has 0 aliphatic rings. The zero-order chi connectivity index (χ0) is 17.5. The third kappa shape index (κ3) is 4.91. The van der Waals surface area contributed by atoms with Crippen LogP contribution in [0.15, 0.2) is 61.2 Å². The summed E-state index contributed by atoms with van der Waals surface area (Å²) in [6, 6.07) is 15.7. The van der Waals surface area contributed by atoms with Crippen LogP contribution in [0, 0.1) is 6.92 Å². The quantitative estimate of drug-likeness (QED) is 0.719. The molecule has 0 fully saturated rings. The molecule has 0 spiro atoms. The molecule has 1 amide bonds. The Hall–Kier alpha value is -3.15. The van der Waals surface area contributed by atoms with Gasteiger partial charge in [-0.1, -0.05) is 30.3 Å². The molecule has 1 heterocycles. The topological polar surface area (TPSA) is 69.0 Å². The summed E-state index contributed by atoms with van der Waals surface area (Å²) in [6.45, 7) is 2.97. The van der Waals surface area contributed by atoms with E-state index in [2.05, 4.69) is 15.4 Å². The summed E-state index contributed by atoms with van der Waals surface area (Å²) in [5.74, 6) is 0.721. The van der Waals surface area contributed by atoms with Gasteiger partial charge >= 0.3 is 0 Å². The van der Waals surface area contributed by atoms with E-state index >= 15 is 0 Å². The lowest BCUT2D eigenvalue weighted by Crippen LogP contribution is -2.15. The van der Waals surface area contributed by atoms with Crippen LogP contribution in [-0.2, 0) is 17.9 Å². The monoisotopic (exact) mass is 336 g/mol. The summed E-state index contributed by atoms with van der Waals surface area (Å²) >= 11 is 0. The first kappa shape index (κ1) is 16.7. The smallest absolute Gasteiger partial charge is 0.226 e. The van der Waals surface area contributed by atoms with Crippen LogP contribution in [-0.4, -0.2) is 20.7 Å². The van der Waals surface area contributed by atoms with Gasteiger partial charge in [0, 0.05) is 12.1 Å². The van der Waals surface area contributed by atoms with Crippen molar-refractivity contribution in [3.05, 3.63) is 72.3 Å². The first-order valence-electron chi connectivity index (χ1n) is 8.10. The molecule has 0 bridgehead atoms. The van der Waals surface area contributed by atoms with Gasteiger partial charge in [-0.15, -0.1) is 0 Å². The van der Waals surface area contributed by atoms with Gasteiger partial charge in [0.25, 0.3) is 0 Å². The van der Waals surface area contributed by atoms with Crippen LogP contribution in [0.2, 0.25) is 0 Å². The summed E-state index contributed by atoms with van der Waals surface area (Å²) in [7, 11) is 0. The second-order valence-corrected chi connectivity index (χ2v) is 5.71. The lowest BCUT2D eigenvalue weighted by atomic mass is 10.2. The van der Waals surface area contributed by atoms with Gasteiger partial charge in [-0.2, -0.15) is 5.10 Å². The number of nitrogens with zero attached hydrogens (tertiary/aromatic N) is 3. The molecule has 0 radical (unpaired) electrons. The highest BCUT2D eigenvalue weighted by Crippen LogP contribution is 2.22. The van der Waals surface area contributed by atoms with Gasteiger partial charge in [-0.3, -0.25) is 9.48 Å². The van der Waals surface area contributed by atoms with E-state index in [1.54, 1.807) is 11.0 Å². The maximum Gasteiger partial charge on any atom is 0.226 e. The Kier molecular flexibility index (Phi) is 5.41. The number of amides is 1. The van der Waals surface area contributed by atoms with Crippen molar-refractivity contribution in [2.45, 2.75) is 26.5 Å². The first-order chi connectivity index (χ1) is 12.2. The number of hydrogen-bond donors (Lipinski definition) is 1. The number of ether oxygens (including phenoxy) is 1. The summed E-state index contributed by atoms with van der Waals surface area (Å²) in [6.07, 6.45) is 3.39. The van der Waals surface area contributed by atoms with E-state index < -0.39 is 0 Å². The summed E-state index contributed by atoms with van der Waals surface area (Å²) in [5.41, 5.74) is 2.86. The molecule has 0 aliphatic heterocycles. The number of nitrogens with one attached hydrogen (secondary N) is 1. The number of rotatable bonds is 7. The van der Waals surface area contributed by atoms with Crippen molar-refractivity contribution in [1.29, 1.82) is 0 Å². The average molecular weight is 336 g/mol. The minimum Gasteiger partial charge on any atom is -0.489 e. The maximum absolute atomic E-state index is 12.1. The van der Waals surface area contributed by atoms with Crippen molar-refractivity contribution in [2.75, 3.05) is 5.32 Å². The van der Waals surface area contributed by atoms with Crippen molar-refractivity contribution in [1.82, 2.24) is 14.8 Å². The first-order valence-corrected chi connectivity index (χ1v) is 8.10. The molecule has 3 rings (SSSR count). The number of aromatic nitrogens is 3. The molecule has 6 nitrogen and oxygen atoms in total. The van der Waals surface area contributed by atoms with E-state index in [9.17, 15) is 4.79 Å². The highest BCUT2D eigenvalue weighted by Gasteiger charge is 2.07. The van der Waals surface area contributed by atoms with E-state index in [0.717, 1.165) is 22.6 Å². The molecule has 2 aromatic carbocycles. The zero-order valence-electron chi connectivity index (χ0n) is 14.1. The molecule has 1 N–H and O–H groups in total. The molecule has 1 aromatic heterocycles. The van der Waals surface area contributed by atoms with Crippen LogP contribution in [0.3, 0.4) is 0 Å². The summed E-state index contributed by atoms with van der Waals surface area (Å²) in [4.78, 5) is 15.9. The van der Waals surface area contributed by atoms with E-state index in [1.807, 2.05) is 55.5 Å². The van der Waals surface area contributed by atoms with Gasteiger partial charge in [0.05, 0.1) is 6.54 Å². The summed E-state index contributed by atoms with van der Waals surface area (Å²) < 4.78 is 7.43. The minimum atomic E-state index is -0.0587. The van der Waals surface area contributed by atoms with E-state index in [0.29, 0.717) is 19.6 Å². The molecular formula is C19H20N4O2. The molecule has 3 aromatic rings. The van der Waals surface area contributed by atoms with Crippen LogP contribution >= 0.6 is 0 Å². The highest BCUT2D eigenvalue weighted by atomic mass is 16.5. The Bertz CT molecular complexity index is 817. The second-order valence-electron chi connectivity index (χ2n) is 5.71. The van der Waals surface area contributed by atoms with E-state index in [1.165, 1.54) is 6.33 Å². The molecule has 0 atom stereocenters. The fourth-order valence-electron chi connectivity index (χ4n) is 2.38. The Morgan fingerprint density at radius 3 is 2.76 bits per heavy atom. The number of carbonyl (C=O) groups excluding carboxylic acids is 1. The zero-order valence-corrected chi connectivity index (χ0v) is 14.1. The van der Waals surface area contributed by atoms with Gasteiger partial charge in [0.2, 0.25) is 5.91 Å². The van der Waals surface area contributed by atoms with Gasteiger partial charge in [0.1, 0.15) is 25.0 Å². The Morgan fingerprint density at radius 2 is 2.04 bits per heavy atom. The predicted octanol–water partition coefficient (Wildman–Crippen LogP) is 3.19. The predicted molar refractivity (Wildman–Crippen MR) is 95.2 cm³/mol. The molecule has 0 saturated carbocycles. The molecule has 0 saturated heterocycles. The van der Waals surface area contributed by atoms with Gasteiger partial charge in [-0.25, -0.2) is 4.98 Å². The van der Waals surface area contributed by atoms with Crippen LogP contribution in [0.5, 0.6) is 5.75 Å². The van der Waals surface area contributed by atoms with Gasteiger partial charge in [0.15, 0.2) is 0 Å². The number of aryl methyl sites for hydroxylation is 2. The SMILES string of the molecule is Cc1cc(OCc2ccccc2)ccc1NC(=O)CCn1cncn1. The summed E-state index contributed by atoms with van der Waals surface area (Å²) in [5, 5.41) is 6.90. The second kappa shape index (κ2) is 8.10. The molecule has 128 valence electrons. The number of hydrogen-bond acceptors (Lipinski definition) is 4. The molecular weight excluding hydrogens is 316 g/mol. The molecule has 0 aliphatic carbocycles. The highest BCUT2D eigenvalue weighted by molar-refractivity contribution is 5.91.